The molecule has 0 saturated carbocycles. The molecule has 9 heteroatoms. The quantitative estimate of drug-likeness (QED) is 0.0413. The van der Waals surface area contributed by atoms with Gasteiger partial charge >= 0.3 is 19.8 Å². The zero-order chi connectivity index (χ0) is 29.0. The molecule has 0 spiro atoms. The van der Waals surface area contributed by atoms with E-state index in [0.29, 0.717) is 6.42 Å². The molecule has 0 aliphatic carbocycles. The molecule has 1 atom stereocenters. The van der Waals surface area contributed by atoms with Crippen molar-refractivity contribution in [3.05, 3.63) is 12.2 Å². The van der Waals surface area contributed by atoms with Crippen LogP contribution in [0, 0.1) is 0 Å². The van der Waals surface area contributed by atoms with Gasteiger partial charge in [-0.25, -0.2) is 4.57 Å². The summed E-state index contributed by atoms with van der Waals surface area (Å²) in [7, 11) is -4.71. The first-order valence-electron chi connectivity index (χ1n) is 15.5. The molecule has 0 radical (unpaired) electrons. The van der Waals surface area contributed by atoms with Gasteiger partial charge in [0.2, 0.25) is 0 Å². The summed E-state index contributed by atoms with van der Waals surface area (Å²) in [5.74, 6) is -0.984. The Kier molecular flexibility index (Phi) is 26.1. The van der Waals surface area contributed by atoms with Crippen LogP contribution in [0.3, 0.4) is 0 Å². The van der Waals surface area contributed by atoms with Gasteiger partial charge in [-0.1, -0.05) is 116 Å². The highest BCUT2D eigenvalue weighted by Crippen LogP contribution is 2.35. The molecular weight excluding hydrogens is 519 g/mol. The van der Waals surface area contributed by atoms with Crippen molar-refractivity contribution < 1.29 is 37.9 Å². The average Bonchev–Trinajstić information content (AvgIpc) is 2.90. The molecule has 39 heavy (non-hydrogen) atoms. The topological polar surface area (TPSA) is 119 Å². The van der Waals surface area contributed by atoms with Crippen LogP contribution in [-0.4, -0.2) is 41.0 Å². The van der Waals surface area contributed by atoms with Crippen LogP contribution < -0.4 is 0 Å². The van der Waals surface area contributed by atoms with Crippen LogP contribution in [0.15, 0.2) is 12.2 Å². The summed E-state index contributed by atoms with van der Waals surface area (Å²) < 4.78 is 25.4. The van der Waals surface area contributed by atoms with Crippen LogP contribution in [-0.2, 0) is 28.2 Å². The standard InChI is InChI=1S/C30H57O8P/c1-3-5-6-7-8-9-10-11-12-13-14-15-16-17-18-19-20-21-22-23-24-25-30(32)38-28(26-36-29(31)4-2)27-37-39(33,34)35/h13-14,28H,3-12,15-27H2,1-2H3,(H2,33,34,35)/b14-13-. The van der Waals surface area contributed by atoms with Crippen LogP contribution >= 0.6 is 7.82 Å². The summed E-state index contributed by atoms with van der Waals surface area (Å²) in [6, 6.07) is 0. The Morgan fingerprint density at radius 2 is 1.13 bits per heavy atom. The van der Waals surface area contributed by atoms with Crippen molar-refractivity contribution in [2.24, 2.45) is 0 Å². The summed E-state index contributed by atoms with van der Waals surface area (Å²) in [6.07, 6.45) is 27.6. The molecule has 2 N–H and O–H groups in total. The van der Waals surface area contributed by atoms with Crippen LogP contribution in [0.1, 0.15) is 149 Å². The molecule has 0 aliphatic heterocycles. The zero-order valence-electron chi connectivity index (χ0n) is 24.8. The lowest BCUT2D eigenvalue weighted by Crippen LogP contribution is -2.29. The molecule has 0 bridgehead atoms. The van der Waals surface area contributed by atoms with E-state index < -0.39 is 32.5 Å². The number of unbranched alkanes of at least 4 members (excludes halogenated alkanes) is 17. The summed E-state index contributed by atoms with van der Waals surface area (Å²) in [6.45, 7) is 3.05. The van der Waals surface area contributed by atoms with Gasteiger partial charge in [0, 0.05) is 12.8 Å². The fourth-order valence-corrected chi connectivity index (χ4v) is 4.59. The smallest absolute Gasteiger partial charge is 0.462 e. The second-order valence-electron chi connectivity index (χ2n) is 10.4. The number of hydrogen-bond donors (Lipinski definition) is 2. The van der Waals surface area contributed by atoms with Gasteiger partial charge < -0.3 is 19.3 Å². The lowest BCUT2D eigenvalue weighted by Gasteiger charge is -2.18. The van der Waals surface area contributed by atoms with Crippen molar-refractivity contribution in [1.82, 2.24) is 0 Å². The Balaban J connectivity index is 3.62. The van der Waals surface area contributed by atoms with Gasteiger partial charge in [-0.2, -0.15) is 0 Å². The number of esters is 2. The van der Waals surface area contributed by atoms with Crippen molar-refractivity contribution in [3.63, 3.8) is 0 Å². The molecule has 1 unspecified atom stereocenters. The molecule has 0 aromatic carbocycles. The lowest BCUT2D eigenvalue weighted by molar-refractivity contribution is -0.161. The fraction of sp³-hybridized carbons (Fsp3) is 0.867. The van der Waals surface area contributed by atoms with Crippen LogP contribution in [0.2, 0.25) is 0 Å². The minimum atomic E-state index is -4.71. The Labute approximate surface area is 237 Å². The Morgan fingerprint density at radius 3 is 1.59 bits per heavy atom. The summed E-state index contributed by atoms with van der Waals surface area (Å²) in [5, 5.41) is 0. The minimum Gasteiger partial charge on any atom is -0.462 e. The summed E-state index contributed by atoms with van der Waals surface area (Å²) in [4.78, 5) is 41.1. The number of carbonyl (C=O) groups is 2. The molecular formula is C30H57O8P. The van der Waals surface area contributed by atoms with Crippen LogP contribution in [0.4, 0.5) is 0 Å². The molecule has 0 fully saturated rings. The van der Waals surface area contributed by atoms with E-state index in [2.05, 4.69) is 23.6 Å². The molecule has 0 amide bonds. The van der Waals surface area contributed by atoms with Crippen molar-refractivity contribution >= 4 is 19.8 Å². The zero-order valence-corrected chi connectivity index (χ0v) is 25.7. The van der Waals surface area contributed by atoms with Gasteiger partial charge in [0.1, 0.15) is 6.61 Å². The number of carbonyl (C=O) groups excluding carboxylic acids is 2. The van der Waals surface area contributed by atoms with E-state index in [1.807, 2.05) is 0 Å². The number of hydrogen-bond acceptors (Lipinski definition) is 6. The number of rotatable bonds is 28. The number of ether oxygens (including phenoxy) is 2. The first-order valence-corrected chi connectivity index (χ1v) is 17.0. The monoisotopic (exact) mass is 576 g/mol. The van der Waals surface area contributed by atoms with Crippen molar-refractivity contribution in [1.29, 1.82) is 0 Å². The van der Waals surface area contributed by atoms with Crippen LogP contribution in [0.5, 0.6) is 0 Å². The van der Waals surface area contributed by atoms with Crippen LogP contribution in [0.25, 0.3) is 0 Å². The first-order chi connectivity index (χ1) is 18.8. The second kappa shape index (κ2) is 27.0. The van der Waals surface area contributed by atoms with E-state index in [-0.39, 0.29) is 19.4 Å². The van der Waals surface area contributed by atoms with E-state index in [4.69, 9.17) is 19.3 Å². The largest absolute Gasteiger partial charge is 0.469 e. The Hall–Kier alpha value is -1.21. The SMILES string of the molecule is CCCCCCCCCC/C=C\CCCCCCCCCCCC(=O)OC(COC(=O)CC)COP(=O)(O)O. The third kappa shape index (κ3) is 29.6. The van der Waals surface area contributed by atoms with E-state index in [0.717, 1.165) is 19.3 Å². The van der Waals surface area contributed by atoms with Gasteiger partial charge in [-0.05, 0) is 32.1 Å². The Bertz CT molecular complexity index is 661. The predicted octanol–water partition coefficient (Wildman–Crippen LogP) is 8.34. The van der Waals surface area contributed by atoms with Gasteiger partial charge in [-0.15, -0.1) is 0 Å². The van der Waals surface area contributed by atoms with E-state index in [1.54, 1.807) is 6.92 Å². The number of phosphoric ester groups is 1. The molecule has 0 heterocycles. The van der Waals surface area contributed by atoms with Crippen molar-refractivity contribution in [2.45, 2.75) is 155 Å². The normalized spacial score (nSPS) is 12.6. The molecule has 230 valence electrons. The van der Waals surface area contributed by atoms with E-state index in [1.165, 1.54) is 96.3 Å². The summed E-state index contributed by atoms with van der Waals surface area (Å²) in [5.41, 5.74) is 0. The van der Waals surface area contributed by atoms with Gasteiger partial charge in [0.05, 0.1) is 6.61 Å². The maximum absolute atomic E-state index is 12.1. The molecule has 8 nitrogen and oxygen atoms in total. The summed E-state index contributed by atoms with van der Waals surface area (Å²) >= 11 is 0. The van der Waals surface area contributed by atoms with Gasteiger partial charge in [-0.3, -0.25) is 14.1 Å². The second-order valence-corrected chi connectivity index (χ2v) is 11.6. The predicted molar refractivity (Wildman–Crippen MR) is 156 cm³/mol. The highest BCUT2D eigenvalue weighted by Gasteiger charge is 2.22. The van der Waals surface area contributed by atoms with E-state index >= 15 is 0 Å². The van der Waals surface area contributed by atoms with Gasteiger partial charge in [0.15, 0.2) is 6.10 Å². The number of allylic oxidation sites excluding steroid dienone is 2. The highest BCUT2D eigenvalue weighted by atomic mass is 31.2. The van der Waals surface area contributed by atoms with Crippen molar-refractivity contribution in [2.75, 3.05) is 13.2 Å². The first kappa shape index (κ1) is 37.8. The maximum Gasteiger partial charge on any atom is 0.469 e. The molecule has 0 saturated heterocycles. The van der Waals surface area contributed by atoms with E-state index in [9.17, 15) is 14.2 Å². The highest BCUT2D eigenvalue weighted by molar-refractivity contribution is 7.46. The molecule has 0 aromatic rings. The lowest BCUT2D eigenvalue weighted by atomic mass is 10.1. The third-order valence-electron chi connectivity index (χ3n) is 6.59. The van der Waals surface area contributed by atoms with Crippen molar-refractivity contribution in [3.8, 4) is 0 Å². The number of phosphoric acid groups is 1. The Morgan fingerprint density at radius 1 is 0.667 bits per heavy atom. The molecule has 0 rings (SSSR count). The molecule has 0 aliphatic rings. The fourth-order valence-electron chi connectivity index (χ4n) is 4.23. The third-order valence-corrected chi connectivity index (χ3v) is 7.07. The average molecular weight is 577 g/mol. The maximum atomic E-state index is 12.1. The molecule has 0 aromatic heterocycles. The van der Waals surface area contributed by atoms with Gasteiger partial charge in [0.25, 0.3) is 0 Å². The minimum absolute atomic E-state index is 0.150.